The van der Waals surface area contributed by atoms with Crippen LogP contribution >= 0.6 is 0 Å². The Morgan fingerprint density at radius 1 is 1.00 bits per heavy atom. The van der Waals surface area contributed by atoms with E-state index in [1.165, 1.54) is 0 Å². The maximum absolute atomic E-state index is 13.1. The van der Waals surface area contributed by atoms with Crippen molar-refractivity contribution < 1.29 is 34.3 Å². The lowest BCUT2D eigenvalue weighted by atomic mass is 9.61. The van der Waals surface area contributed by atoms with Gasteiger partial charge in [0.25, 0.3) is 0 Å². The van der Waals surface area contributed by atoms with E-state index in [2.05, 4.69) is 0 Å². The van der Waals surface area contributed by atoms with Crippen LogP contribution in [0.3, 0.4) is 0 Å². The van der Waals surface area contributed by atoms with Gasteiger partial charge < -0.3 is 29.5 Å². The Bertz CT molecular complexity index is 1080. The largest absolute Gasteiger partial charge is 0.497 e. The third-order valence-electron chi connectivity index (χ3n) is 7.32. The molecule has 5 atom stereocenters. The third-order valence-corrected chi connectivity index (χ3v) is 7.32. The number of carboxylic acids is 1. The zero-order chi connectivity index (χ0) is 24.5. The summed E-state index contributed by atoms with van der Waals surface area (Å²) in [5, 5.41) is 31.9. The first-order valence-electron chi connectivity index (χ1n) is 11.2. The van der Waals surface area contributed by atoms with Gasteiger partial charge in [0, 0.05) is 24.5 Å². The van der Waals surface area contributed by atoms with Gasteiger partial charge in [-0.05, 0) is 53.3 Å². The predicted octanol–water partition coefficient (Wildman–Crippen LogP) is 3.51. The van der Waals surface area contributed by atoms with Gasteiger partial charge in [0.2, 0.25) is 0 Å². The van der Waals surface area contributed by atoms with Crippen LogP contribution in [0.5, 0.6) is 17.2 Å². The summed E-state index contributed by atoms with van der Waals surface area (Å²) < 4.78 is 16.0. The molecule has 3 N–H and O–H groups in total. The van der Waals surface area contributed by atoms with E-state index in [0.717, 1.165) is 16.9 Å². The number of fused-ring (bicyclic) bond motifs is 2. The Morgan fingerprint density at radius 2 is 1.62 bits per heavy atom. The highest BCUT2D eigenvalue weighted by Gasteiger charge is 2.64. The number of hydrogen-bond acceptors (Lipinski definition) is 6. The molecule has 2 aromatic carbocycles. The molecule has 0 aromatic heterocycles. The summed E-state index contributed by atoms with van der Waals surface area (Å²) in [5.74, 6) is -0.742. The van der Waals surface area contributed by atoms with E-state index in [9.17, 15) is 20.1 Å². The molecular formula is C27H30O7. The van der Waals surface area contributed by atoms with Gasteiger partial charge in [-0.1, -0.05) is 30.4 Å². The van der Waals surface area contributed by atoms with Crippen LogP contribution in [0.1, 0.15) is 23.5 Å². The Labute approximate surface area is 198 Å². The number of carboxylic acid groups (broad SMARTS) is 1. The Balaban J connectivity index is 1.85. The molecule has 7 heteroatoms. The Kier molecular flexibility index (Phi) is 6.68. The van der Waals surface area contributed by atoms with E-state index in [0.29, 0.717) is 23.5 Å². The fraction of sp³-hybridized carbons (Fsp3) is 0.370. The monoisotopic (exact) mass is 466 g/mol. The summed E-state index contributed by atoms with van der Waals surface area (Å²) in [6.07, 6.45) is 4.73. The average Bonchev–Trinajstić information content (AvgIpc) is 3.16. The van der Waals surface area contributed by atoms with Crippen LogP contribution in [0.25, 0.3) is 6.08 Å². The van der Waals surface area contributed by atoms with Crippen LogP contribution in [-0.4, -0.2) is 55.3 Å². The molecule has 1 saturated carbocycles. The normalized spacial score (nSPS) is 28.0. The Hall–Kier alpha value is -3.29. The number of ether oxygens (including phenoxy) is 3. The number of aliphatic hydroxyl groups excluding tert-OH is 2. The highest BCUT2D eigenvalue weighted by Crippen LogP contribution is 2.63. The molecule has 0 radical (unpaired) electrons. The van der Waals surface area contributed by atoms with Crippen molar-refractivity contribution in [2.45, 2.75) is 18.4 Å². The predicted molar refractivity (Wildman–Crippen MR) is 127 cm³/mol. The Morgan fingerprint density at radius 3 is 2.15 bits per heavy atom. The van der Waals surface area contributed by atoms with Gasteiger partial charge in [0.05, 0.1) is 27.4 Å². The highest BCUT2D eigenvalue weighted by atomic mass is 16.5. The van der Waals surface area contributed by atoms with Gasteiger partial charge in [-0.15, -0.1) is 0 Å². The number of methoxy groups -OCH3 is 3. The van der Waals surface area contributed by atoms with Gasteiger partial charge in [0.1, 0.15) is 22.7 Å². The highest BCUT2D eigenvalue weighted by molar-refractivity contribution is 5.84. The molecule has 1 fully saturated rings. The molecule has 0 spiro atoms. The number of carbonyl (C=O) groups is 1. The van der Waals surface area contributed by atoms with Gasteiger partial charge in [0.15, 0.2) is 0 Å². The lowest BCUT2D eigenvalue weighted by Gasteiger charge is -2.41. The van der Waals surface area contributed by atoms with Crippen molar-refractivity contribution in [1.29, 1.82) is 0 Å². The minimum Gasteiger partial charge on any atom is -0.497 e. The summed E-state index contributed by atoms with van der Waals surface area (Å²) in [6, 6.07) is 12.7. The van der Waals surface area contributed by atoms with Crippen molar-refractivity contribution in [3.63, 3.8) is 0 Å². The molecule has 2 aliphatic carbocycles. The first-order valence-corrected chi connectivity index (χ1v) is 11.2. The number of rotatable bonds is 8. The van der Waals surface area contributed by atoms with E-state index < -0.39 is 29.3 Å². The second kappa shape index (κ2) is 9.52. The minimum absolute atomic E-state index is 0.348. The van der Waals surface area contributed by atoms with Crippen molar-refractivity contribution in [3.05, 3.63) is 71.3 Å². The smallest absolute Gasteiger partial charge is 0.315 e. The first kappa shape index (κ1) is 23.9. The molecule has 7 nitrogen and oxygen atoms in total. The second-order valence-electron chi connectivity index (χ2n) is 8.78. The SMILES string of the molecule is COc1ccc(/C=C/C2=CC(O)C3CC(c4cc(OC)cc(OC)c4)C2(C(=O)O)C3CO)cc1. The molecule has 0 aliphatic heterocycles. The second-order valence-corrected chi connectivity index (χ2v) is 8.78. The lowest BCUT2D eigenvalue weighted by Crippen LogP contribution is -2.47. The van der Waals surface area contributed by atoms with Crippen LogP contribution in [-0.2, 0) is 4.79 Å². The maximum atomic E-state index is 13.1. The summed E-state index contributed by atoms with van der Waals surface area (Å²) in [6.45, 7) is -0.348. The zero-order valence-corrected chi connectivity index (χ0v) is 19.5. The number of allylic oxidation sites excluding steroid dienone is 1. The van der Waals surface area contributed by atoms with Gasteiger partial charge >= 0.3 is 5.97 Å². The number of benzene rings is 2. The molecule has 0 saturated heterocycles. The molecule has 2 aromatic rings. The molecule has 5 unspecified atom stereocenters. The topological polar surface area (TPSA) is 105 Å². The minimum atomic E-state index is -1.42. The van der Waals surface area contributed by atoms with Crippen LogP contribution < -0.4 is 14.2 Å². The zero-order valence-electron chi connectivity index (χ0n) is 19.5. The van der Waals surface area contributed by atoms with Crippen LogP contribution in [0.15, 0.2) is 60.2 Å². The standard InChI is InChI=1S/C27H30O7/c1-32-19-8-5-16(6-9-19)4-7-18-12-25(29)22-14-23(27(18,26(30)31)24(22)15-28)17-10-20(33-2)13-21(11-17)34-3/h4-13,22-25,28-29H,14-15H2,1-3H3,(H,30,31)/b7-4+. The van der Waals surface area contributed by atoms with Crippen LogP contribution in [0.4, 0.5) is 0 Å². The summed E-state index contributed by atoms with van der Waals surface area (Å²) in [7, 11) is 4.68. The molecule has 2 bridgehead atoms. The van der Waals surface area contributed by atoms with Crippen LogP contribution in [0, 0.1) is 17.3 Å². The number of hydrogen-bond donors (Lipinski definition) is 3. The van der Waals surface area contributed by atoms with E-state index in [4.69, 9.17) is 14.2 Å². The molecule has 2 aliphatic rings. The number of aliphatic hydroxyl groups is 2. The van der Waals surface area contributed by atoms with Gasteiger partial charge in [-0.25, -0.2) is 0 Å². The quantitative estimate of drug-likeness (QED) is 0.547. The van der Waals surface area contributed by atoms with Crippen molar-refractivity contribution in [1.82, 2.24) is 0 Å². The van der Waals surface area contributed by atoms with E-state index in [-0.39, 0.29) is 12.5 Å². The maximum Gasteiger partial charge on any atom is 0.315 e. The van der Waals surface area contributed by atoms with Gasteiger partial charge in [-0.3, -0.25) is 4.79 Å². The van der Waals surface area contributed by atoms with E-state index in [1.807, 2.05) is 42.5 Å². The first-order chi connectivity index (χ1) is 16.4. The van der Waals surface area contributed by atoms with Crippen LogP contribution in [0.2, 0.25) is 0 Å². The third kappa shape index (κ3) is 3.85. The average molecular weight is 467 g/mol. The summed E-state index contributed by atoms with van der Waals surface area (Å²) in [4.78, 5) is 13.1. The molecular weight excluding hydrogens is 436 g/mol. The molecule has 180 valence electrons. The van der Waals surface area contributed by atoms with Crippen molar-refractivity contribution in [2.24, 2.45) is 17.3 Å². The number of aliphatic carboxylic acids is 1. The summed E-state index contributed by atoms with van der Waals surface area (Å²) >= 11 is 0. The molecule has 0 amide bonds. The molecule has 4 rings (SSSR count). The van der Waals surface area contributed by atoms with Crippen molar-refractivity contribution in [2.75, 3.05) is 27.9 Å². The van der Waals surface area contributed by atoms with Crippen molar-refractivity contribution in [3.8, 4) is 17.2 Å². The fourth-order valence-electron chi connectivity index (χ4n) is 5.69. The fourth-order valence-corrected chi connectivity index (χ4v) is 5.69. The molecule has 34 heavy (non-hydrogen) atoms. The summed E-state index contributed by atoms with van der Waals surface area (Å²) in [5.41, 5.74) is 0.649. The molecule has 0 heterocycles. The van der Waals surface area contributed by atoms with E-state index in [1.54, 1.807) is 39.5 Å². The lowest BCUT2D eigenvalue weighted by molar-refractivity contribution is -0.151. The van der Waals surface area contributed by atoms with E-state index >= 15 is 0 Å². The van der Waals surface area contributed by atoms with Gasteiger partial charge in [-0.2, -0.15) is 0 Å². The van der Waals surface area contributed by atoms with Crippen molar-refractivity contribution >= 4 is 12.0 Å².